The first-order valence-electron chi connectivity index (χ1n) is 11.9. The van der Waals surface area contributed by atoms with Crippen molar-refractivity contribution in [2.45, 2.75) is 64.3 Å². The van der Waals surface area contributed by atoms with Gasteiger partial charge in [0.25, 0.3) is 0 Å². The van der Waals surface area contributed by atoms with Gasteiger partial charge in [-0.3, -0.25) is 4.79 Å². The number of methoxy groups -OCH3 is 1. The van der Waals surface area contributed by atoms with E-state index in [0.717, 1.165) is 69.5 Å². The van der Waals surface area contributed by atoms with Gasteiger partial charge in [-0.1, -0.05) is 25.0 Å². The number of carbonyl (C=O) groups excluding carboxylic acids is 1. The lowest BCUT2D eigenvalue weighted by Gasteiger charge is -2.09. The third-order valence-corrected chi connectivity index (χ3v) is 5.00. The predicted octanol–water partition coefficient (Wildman–Crippen LogP) is 4.43. The van der Waals surface area contributed by atoms with Crippen molar-refractivity contribution in [2.24, 2.45) is 5.73 Å². The highest BCUT2D eigenvalue weighted by atomic mass is 16.5. The third-order valence-electron chi connectivity index (χ3n) is 5.00. The van der Waals surface area contributed by atoms with E-state index >= 15 is 0 Å². The summed E-state index contributed by atoms with van der Waals surface area (Å²) in [4.78, 5) is 11.0. The summed E-state index contributed by atoms with van der Waals surface area (Å²) in [5, 5.41) is 0. The molecule has 0 aliphatic carbocycles. The van der Waals surface area contributed by atoms with E-state index in [4.69, 9.17) is 24.7 Å². The lowest BCUT2D eigenvalue weighted by molar-refractivity contribution is -0.140. The number of nitrogens with two attached hydrogens (primary N) is 1. The van der Waals surface area contributed by atoms with Crippen LogP contribution in [-0.2, 0) is 23.7 Å². The Hall–Kier alpha value is -1.67. The summed E-state index contributed by atoms with van der Waals surface area (Å²) in [7, 11) is 1.42. The van der Waals surface area contributed by atoms with Crippen LogP contribution in [0, 0.1) is 0 Å². The molecule has 0 aliphatic rings. The molecular weight excluding hydrogens is 410 g/mol. The molecule has 2 N–H and O–H groups in total. The van der Waals surface area contributed by atoms with Crippen LogP contribution in [0.3, 0.4) is 0 Å². The maximum atomic E-state index is 11.0. The molecule has 184 valence electrons. The van der Waals surface area contributed by atoms with E-state index in [1.807, 2.05) is 31.2 Å². The molecule has 32 heavy (non-hydrogen) atoms. The van der Waals surface area contributed by atoms with Crippen LogP contribution in [0.25, 0.3) is 0 Å². The number of esters is 1. The van der Waals surface area contributed by atoms with Crippen LogP contribution < -0.4 is 10.5 Å². The summed E-state index contributed by atoms with van der Waals surface area (Å²) < 4.78 is 27.0. The van der Waals surface area contributed by atoms with Crippen molar-refractivity contribution >= 4 is 5.97 Å². The second-order valence-electron chi connectivity index (χ2n) is 7.84. The number of rotatable bonds is 21. The van der Waals surface area contributed by atoms with Crippen molar-refractivity contribution < 1.29 is 28.5 Å². The van der Waals surface area contributed by atoms with Crippen molar-refractivity contribution in [2.75, 3.05) is 53.4 Å². The molecule has 0 amide bonds. The Morgan fingerprint density at radius 1 is 0.750 bits per heavy atom. The van der Waals surface area contributed by atoms with Gasteiger partial charge in [-0.05, 0) is 56.7 Å². The smallest absolute Gasteiger partial charge is 0.305 e. The highest BCUT2D eigenvalue weighted by Gasteiger charge is 2.00. The van der Waals surface area contributed by atoms with Crippen LogP contribution in [0.2, 0.25) is 0 Å². The fourth-order valence-electron chi connectivity index (χ4n) is 3.01. The van der Waals surface area contributed by atoms with Gasteiger partial charge in [-0.2, -0.15) is 0 Å². The first-order chi connectivity index (χ1) is 15.6. The van der Waals surface area contributed by atoms with Gasteiger partial charge in [0.1, 0.15) is 5.75 Å². The predicted molar refractivity (Wildman–Crippen MR) is 126 cm³/mol. The van der Waals surface area contributed by atoms with Gasteiger partial charge in [0.05, 0.1) is 40.1 Å². The van der Waals surface area contributed by atoms with E-state index in [9.17, 15) is 4.79 Å². The van der Waals surface area contributed by atoms with E-state index < -0.39 is 0 Å². The van der Waals surface area contributed by atoms with E-state index in [-0.39, 0.29) is 12.0 Å². The largest absolute Gasteiger partial charge is 0.494 e. The quantitative estimate of drug-likeness (QED) is 0.218. The van der Waals surface area contributed by atoms with Gasteiger partial charge >= 0.3 is 5.97 Å². The third kappa shape index (κ3) is 16.0. The Labute approximate surface area is 193 Å². The first kappa shape index (κ1) is 28.4. The zero-order chi connectivity index (χ0) is 23.3. The molecule has 0 saturated carbocycles. The summed E-state index contributed by atoms with van der Waals surface area (Å²) in [6.45, 7) is 6.57. The van der Waals surface area contributed by atoms with E-state index in [1.54, 1.807) is 0 Å². The number of hydrogen-bond acceptors (Lipinski definition) is 7. The van der Waals surface area contributed by atoms with Crippen LogP contribution >= 0.6 is 0 Å². The Bertz CT molecular complexity index is 564. The van der Waals surface area contributed by atoms with Crippen molar-refractivity contribution in [3.8, 4) is 5.75 Å². The lowest BCUT2D eigenvalue weighted by Crippen LogP contribution is -2.10. The van der Waals surface area contributed by atoms with Crippen molar-refractivity contribution in [1.82, 2.24) is 0 Å². The zero-order valence-electron chi connectivity index (χ0n) is 20.0. The Kier molecular flexibility index (Phi) is 17.7. The highest BCUT2D eigenvalue weighted by Crippen LogP contribution is 2.16. The maximum absolute atomic E-state index is 11.0. The molecule has 1 aromatic carbocycles. The van der Waals surface area contributed by atoms with Crippen molar-refractivity contribution in [1.29, 1.82) is 0 Å². The van der Waals surface area contributed by atoms with Gasteiger partial charge in [-0.15, -0.1) is 0 Å². The zero-order valence-corrected chi connectivity index (χ0v) is 20.0. The Morgan fingerprint density at radius 3 is 1.78 bits per heavy atom. The van der Waals surface area contributed by atoms with Gasteiger partial charge in [0.2, 0.25) is 0 Å². The number of hydrogen-bond donors (Lipinski definition) is 1. The topological polar surface area (TPSA) is 89.2 Å². The van der Waals surface area contributed by atoms with E-state index in [1.165, 1.54) is 7.11 Å². The van der Waals surface area contributed by atoms with E-state index in [2.05, 4.69) is 4.74 Å². The summed E-state index contributed by atoms with van der Waals surface area (Å²) in [5.41, 5.74) is 6.97. The fourth-order valence-corrected chi connectivity index (χ4v) is 3.01. The lowest BCUT2D eigenvalue weighted by atomic mass is 10.1. The fraction of sp³-hybridized carbons (Fsp3) is 0.720. The van der Waals surface area contributed by atoms with Crippen LogP contribution in [-0.4, -0.2) is 59.3 Å². The van der Waals surface area contributed by atoms with Gasteiger partial charge in [0, 0.05) is 25.7 Å². The molecule has 1 atom stereocenters. The molecule has 0 fully saturated rings. The second kappa shape index (κ2) is 20.0. The minimum absolute atomic E-state index is 0.0547. The summed E-state index contributed by atoms with van der Waals surface area (Å²) in [5.74, 6) is 0.755. The molecule has 1 rings (SSSR count). The van der Waals surface area contributed by atoms with Crippen molar-refractivity contribution in [3.05, 3.63) is 29.8 Å². The average Bonchev–Trinajstić information content (AvgIpc) is 2.80. The van der Waals surface area contributed by atoms with Crippen LogP contribution in [0.5, 0.6) is 5.75 Å². The standard InChI is InChI=1S/C25H43NO6/c1-22(26)23-11-13-24(14-12-23)32-17-9-4-3-7-15-29-18-20-31-21-19-30-16-8-5-6-10-25(27)28-2/h11-14,22H,3-10,15-21,26H2,1-2H3/t22-/m1/s1. The van der Waals surface area contributed by atoms with Crippen LogP contribution in [0.4, 0.5) is 0 Å². The number of carbonyl (C=O) groups is 1. The average molecular weight is 454 g/mol. The molecule has 0 bridgehead atoms. The normalized spacial score (nSPS) is 12.0. The molecule has 0 saturated heterocycles. The molecular formula is C25H43NO6. The van der Waals surface area contributed by atoms with Crippen molar-refractivity contribution in [3.63, 3.8) is 0 Å². The maximum Gasteiger partial charge on any atom is 0.305 e. The second-order valence-corrected chi connectivity index (χ2v) is 7.84. The number of ether oxygens (including phenoxy) is 5. The van der Waals surface area contributed by atoms with Gasteiger partial charge in [-0.25, -0.2) is 0 Å². The van der Waals surface area contributed by atoms with E-state index in [0.29, 0.717) is 39.5 Å². The molecule has 0 aromatic heterocycles. The molecule has 7 nitrogen and oxygen atoms in total. The molecule has 0 aliphatic heterocycles. The van der Waals surface area contributed by atoms with Crippen LogP contribution in [0.1, 0.15) is 69.9 Å². The minimum atomic E-state index is -0.146. The highest BCUT2D eigenvalue weighted by molar-refractivity contribution is 5.68. The Balaban J connectivity index is 1.75. The monoisotopic (exact) mass is 453 g/mol. The SMILES string of the molecule is COC(=O)CCCCCOCCOCCOCCCCCCOc1ccc([C@@H](C)N)cc1. The van der Waals surface area contributed by atoms with Gasteiger partial charge in [0.15, 0.2) is 0 Å². The number of unbranched alkanes of at least 4 members (excludes halogenated alkanes) is 5. The van der Waals surface area contributed by atoms with Gasteiger partial charge < -0.3 is 29.4 Å². The summed E-state index contributed by atoms with van der Waals surface area (Å²) in [6, 6.07) is 8.06. The molecule has 0 heterocycles. The molecule has 0 unspecified atom stereocenters. The van der Waals surface area contributed by atoms with Crippen LogP contribution in [0.15, 0.2) is 24.3 Å². The summed E-state index contributed by atoms with van der Waals surface area (Å²) in [6.07, 6.45) is 7.64. The molecule has 1 aromatic rings. The molecule has 7 heteroatoms. The molecule has 0 radical (unpaired) electrons. The Morgan fingerprint density at radius 2 is 1.25 bits per heavy atom. The minimum Gasteiger partial charge on any atom is -0.494 e. The molecule has 0 spiro atoms. The first-order valence-corrected chi connectivity index (χ1v) is 11.9. The summed E-state index contributed by atoms with van der Waals surface area (Å²) >= 11 is 0. The number of benzene rings is 1.